The van der Waals surface area contributed by atoms with E-state index in [1.54, 1.807) is 13.4 Å². The van der Waals surface area contributed by atoms with Crippen molar-refractivity contribution in [2.75, 3.05) is 13.7 Å². The second kappa shape index (κ2) is 18.4. The van der Waals surface area contributed by atoms with Crippen molar-refractivity contribution in [1.82, 2.24) is 0 Å². The fourth-order valence-corrected chi connectivity index (χ4v) is 2.69. The van der Waals surface area contributed by atoms with Crippen molar-refractivity contribution in [2.45, 2.75) is 104 Å². The molecule has 0 saturated heterocycles. The molecular formula is C20H40O2. The zero-order valence-corrected chi connectivity index (χ0v) is 15.5. The summed E-state index contributed by atoms with van der Waals surface area (Å²) in [5.41, 5.74) is 0. The monoisotopic (exact) mass is 312 g/mol. The molecule has 0 fully saturated rings. The molecule has 0 atom stereocenters. The summed E-state index contributed by atoms with van der Waals surface area (Å²) >= 11 is 0. The van der Waals surface area contributed by atoms with Gasteiger partial charge in [0.1, 0.15) is 12.0 Å². The van der Waals surface area contributed by atoms with E-state index in [4.69, 9.17) is 9.47 Å². The first kappa shape index (κ1) is 21.3. The molecule has 0 radical (unpaired) electrons. The third-order valence-electron chi connectivity index (χ3n) is 4.03. The van der Waals surface area contributed by atoms with E-state index in [2.05, 4.69) is 13.8 Å². The molecule has 132 valence electrons. The molecule has 0 spiro atoms. The summed E-state index contributed by atoms with van der Waals surface area (Å²) in [6.07, 6.45) is 20.4. The molecule has 0 aliphatic carbocycles. The molecule has 0 bridgehead atoms. The van der Waals surface area contributed by atoms with Crippen LogP contribution in [0, 0.1) is 0 Å². The Morgan fingerprint density at radius 2 is 1.18 bits per heavy atom. The lowest BCUT2D eigenvalue weighted by molar-refractivity contribution is 0.176. The highest BCUT2D eigenvalue weighted by Gasteiger charge is 1.98. The first-order chi connectivity index (χ1) is 10.8. The lowest BCUT2D eigenvalue weighted by Gasteiger charge is -2.09. The first-order valence-corrected chi connectivity index (χ1v) is 9.69. The van der Waals surface area contributed by atoms with Crippen molar-refractivity contribution in [1.29, 1.82) is 0 Å². The highest BCUT2D eigenvalue weighted by atomic mass is 16.5. The van der Waals surface area contributed by atoms with Crippen LogP contribution in [0.15, 0.2) is 12.0 Å². The lowest BCUT2D eigenvalue weighted by Crippen LogP contribution is -1.96. The maximum absolute atomic E-state index is 5.75. The van der Waals surface area contributed by atoms with Gasteiger partial charge in [0.15, 0.2) is 0 Å². The average Bonchev–Trinajstić information content (AvgIpc) is 2.52. The van der Waals surface area contributed by atoms with E-state index in [-0.39, 0.29) is 0 Å². The fraction of sp³-hybridized carbons (Fsp3) is 0.900. The third kappa shape index (κ3) is 15.7. The summed E-state index contributed by atoms with van der Waals surface area (Å²) in [5, 5.41) is 0. The van der Waals surface area contributed by atoms with Gasteiger partial charge in [0.05, 0.1) is 13.7 Å². The molecule has 0 heterocycles. The first-order valence-electron chi connectivity index (χ1n) is 9.69. The Hall–Kier alpha value is -0.660. The maximum Gasteiger partial charge on any atom is 0.130 e. The maximum atomic E-state index is 5.75. The van der Waals surface area contributed by atoms with Crippen LogP contribution in [-0.4, -0.2) is 13.7 Å². The van der Waals surface area contributed by atoms with Crippen LogP contribution in [0.3, 0.4) is 0 Å². The quantitative estimate of drug-likeness (QED) is 0.213. The number of rotatable bonds is 17. The largest absolute Gasteiger partial charge is 0.501 e. The third-order valence-corrected chi connectivity index (χ3v) is 4.03. The molecule has 0 aromatic carbocycles. The van der Waals surface area contributed by atoms with Gasteiger partial charge < -0.3 is 9.47 Å². The number of hydrogen-bond acceptors (Lipinski definition) is 2. The Morgan fingerprint density at radius 3 is 1.64 bits per heavy atom. The van der Waals surface area contributed by atoms with Gasteiger partial charge in [-0.3, -0.25) is 0 Å². The van der Waals surface area contributed by atoms with E-state index in [1.807, 2.05) is 0 Å². The summed E-state index contributed by atoms with van der Waals surface area (Å²) in [6, 6.07) is 0. The summed E-state index contributed by atoms with van der Waals surface area (Å²) in [5.74, 6) is 0.994. The van der Waals surface area contributed by atoms with E-state index in [0.29, 0.717) is 0 Å². The standard InChI is InChI=1S/C20H40O2/c1-4-6-7-8-9-10-11-12-13-14-15-16-18-22-20(17-5-2)19-21-3/h19H,4-18H2,1-3H3. The molecule has 22 heavy (non-hydrogen) atoms. The van der Waals surface area contributed by atoms with Crippen LogP contribution in [0.5, 0.6) is 0 Å². The smallest absolute Gasteiger partial charge is 0.130 e. The second-order valence-electron chi connectivity index (χ2n) is 6.31. The van der Waals surface area contributed by atoms with Crippen molar-refractivity contribution < 1.29 is 9.47 Å². The van der Waals surface area contributed by atoms with Crippen LogP contribution in [0.2, 0.25) is 0 Å². The van der Waals surface area contributed by atoms with Crippen molar-refractivity contribution in [3.05, 3.63) is 12.0 Å². The molecular weight excluding hydrogens is 272 g/mol. The lowest BCUT2D eigenvalue weighted by atomic mass is 10.1. The highest BCUT2D eigenvalue weighted by Crippen LogP contribution is 2.13. The molecule has 0 rings (SSSR count). The molecule has 0 N–H and O–H groups in total. The minimum Gasteiger partial charge on any atom is -0.501 e. The molecule has 2 heteroatoms. The van der Waals surface area contributed by atoms with Crippen LogP contribution in [0.1, 0.15) is 104 Å². The Balaban J connectivity index is 3.21. The van der Waals surface area contributed by atoms with Crippen LogP contribution >= 0.6 is 0 Å². The van der Waals surface area contributed by atoms with Gasteiger partial charge in [-0.2, -0.15) is 0 Å². The van der Waals surface area contributed by atoms with Gasteiger partial charge in [0.25, 0.3) is 0 Å². The van der Waals surface area contributed by atoms with E-state index in [1.165, 1.54) is 77.0 Å². The van der Waals surface area contributed by atoms with Crippen LogP contribution in [0.25, 0.3) is 0 Å². The number of ether oxygens (including phenoxy) is 2. The van der Waals surface area contributed by atoms with Gasteiger partial charge >= 0.3 is 0 Å². The predicted molar refractivity (Wildman–Crippen MR) is 97.0 cm³/mol. The van der Waals surface area contributed by atoms with Gasteiger partial charge in [0.2, 0.25) is 0 Å². The Labute approximate surface area is 139 Å². The van der Waals surface area contributed by atoms with E-state index >= 15 is 0 Å². The summed E-state index contributed by atoms with van der Waals surface area (Å²) < 4.78 is 10.8. The number of allylic oxidation sites excluding steroid dienone is 1. The molecule has 0 aliphatic heterocycles. The fourth-order valence-electron chi connectivity index (χ4n) is 2.69. The zero-order valence-electron chi connectivity index (χ0n) is 15.5. The SMILES string of the molecule is CCCCCCCCCCCCCCOC(=COC)CCC. The van der Waals surface area contributed by atoms with Gasteiger partial charge in [-0.25, -0.2) is 0 Å². The van der Waals surface area contributed by atoms with Crippen molar-refractivity contribution in [3.8, 4) is 0 Å². The van der Waals surface area contributed by atoms with Crippen LogP contribution in [0.4, 0.5) is 0 Å². The minimum absolute atomic E-state index is 0.840. The van der Waals surface area contributed by atoms with Crippen LogP contribution in [-0.2, 0) is 9.47 Å². The summed E-state index contributed by atoms with van der Waals surface area (Å²) in [7, 11) is 1.68. The second-order valence-corrected chi connectivity index (χ2v) is 6.31. The van der Waals surface area contributed by atoms with Crippen molar-refractivity contribution in [3.63, 3.8) is 0 Å². The molecule has 0 aliphatic rings. The van der Waals surface area contributed by atoms with Gasteiger partial charge in [0, 0.05) is 6.42 Å². The Bertz CT molecular complexity index is 236. The zero-order chi connectivity index (χ0) is 16.3. The number of unbranched alkanes of at least 4 members (excludes halogenated alkanes) is 11. The minimum atomic E-state index is 0.840. The van der Waals surface area contributed by atoms with Gasteiger partial charge in [-0.1, -0.05) is 84.5 Å². The summed E-state index contributed by atoms with van der Waals surface area (Å²) in [4.78, 5) is 0. The van der Waals surface area contributed by atoms with Crippen molar-refractivity contribution in [2.24, 2.45) is 0 Å². The molecule has 0 unspecified atom stereocenters. The van der Waals surface area contributed by atoms with Gasteiger partial charge in [-0.05, 0) is 12.8 Å². The topological polar surface area (TPSA) is 18.5 Å². The predicted octanol–water partition coefficient (Wildman–Crippen LogP) is 6.99. The molecule has 0 aromatic rings. The molecule has 2 nitrogen and oxygen atoms in total. The van der Waals surface area contributed by atoms with E-state index < -0.39 is 0 Å². The number of methoxy groups -OCH3 is 1. The van der Waals surface area contributed by atoms with Gasteiger partial charge in [-0.15, -0.1) is 0 Å². The van der Waals surface area contributed by atoms with Crippen molar-refractivity contribution >= 4 is 0 Å². The van der Waals surface area contributed by atoms with Crippen LogP contribution < -0.4 is 0 Å². The Kier molecular flexibility index (Phi) is 17.8. The van der Waals surface area contributed by atoms with E-state index in [0.717, 1.165) is 25.2 Å². The summed E-state index contributed by atoms with van der Waals surface area (Å²) in [6.45, 7) is 5.28. The molecule has 0 saturated carbocycles. The highest BCUT2D eigenvalue weighted by molar-refractivity contribution is 4.86. The molecule has 0 amide bonds. The number of hydrogen-bond donors (Lipinski definition) is 0. The van der Waals surface area contributed by atoms with E-state index in [9.17, 15) is 0 Å². The molecule has 0 aromatic heterocycles. The Morgan fingerprint density at radius 1 is 0.682 bits per heavy atom. The normalized spacial score (nSPS) is 11.7. The average molecular weight is 313 g/mol.